The Morgan fingerprint density at radius 3 is 2.61 bits per heavy atom. The van der Waals surface area contributed by atoms with Crippen molar-refractivity contribution in [1.29, 1.82) is 0 Å². The van der Waals surface area contributed by atoms with Crippen LogP contribution < -0.4 is 21.1 Å². The van der Waals surface area contributed by atoms with Gasteiger partial charge in [-0.3, -0.25) is 4.79 Å². The lowest BCUT2D eigenvalue weighted by molar-refractivity contribution is 0.589. The molecule has 0 bridgehead atoms. The lowest BCUT2D eigenvalue weighted by atomic mass is 10.2. The van der Waals surface area contributed by atoms with Gasteiger partial charge in [-0.05, 0) is 38.5 Å². The van der Waals surface area contributed by atoms with Crippen LogP contribution in [0.4, 0.5) is 17.5 Å². The molecule has 0 radical (unpaired) electrons. The van der Waals surface area contributed by atoms with Gasteiger partial charge in [-0.25, -0.2) is 15.0 Å². The van der Waals surface area contributed by atoms with E-state index in [1.54, 1.807) is 16.8 Å². The van der Waals surface area contributed by atoms with Crippen LogP contribution in [-0.4, -0.2) is 45.7 Å². The fourth-order valence-corrected chi connectivity index (χ4v) is 3.56. The molecular formula is C20H25N7O. The number of hydrogen-bond acceptors (Lipinski definition) is 7. The van der Waals surface area contributed by atoms with Crippen molar-refractivity contribution in [3.8, 4) is 0 Å². The zero-order valence-corrected chi connectivity index (χ0v) is 16.4. The minimum Gasteiger partial charge on any atom is -0.368 e. The van der Waals surface area contributed by atoms with Crippen molar-refractivity contribution >= 4 is 28.5 Å². The molecular weight excluding hydrogens is 354 g/mol. The van der Waals surface area contributed by atoms with Crippen molar-refractivity contribution in [2.24, 2.45) is 0 Å². The highest BCUT2D eigenvalue weighted by molar-refractivity contribution is 5.78. The van der Waals surface area contributed by atoms with E-state index < -0.39 is 0 Å². The lowest BCUT2D eigenvalue weighted by Crippen LogP contribution is -2.43. The molecule has 1 aliphatic rings. The van der Waals surface area contributed by atoms with Gasteiger partial charge in [0.2, 0.25) is 5.95 Å². The molecule has 4 rings (SSSR count). The first kappa shape index (κ1) is 18.4. The third kappa shape index (κ3) is 3.55. The predicted octanol–water partition coefficient (Wildman–Crippen LogP) is 2.23. The number of pyridine rings is 2. The van der Waals surface area contributed by atoms with Crippen LogP contribution in [0.5, 0.6) is 0 Å². The number of nitrogens with one attached hydrogen (secondary N) is 2. The van der Waals surface area contributed by atoms with Gasteiger partial charge in [-0.2, -0.15) is 0 Å². The summed E-state index contributed by atoms with van der Waals surface area (Å²) in [6.45, 7) is 9.81. The minimum absolute atomic E-state index is 0.0329. The monoisotopic (exact) mass is 379 g/mol. The number of aryl methyl sites for hydroxylation is 1. The summed E-state index contributed by atoms with van der Waals surface area (Å²) in [5.41, 5.74) is 3.43. The van der Waals surface area contributed by atoms with Gasteiger partial charge in [0.15, 0.2) is 0 Å². The Bertz CT molecular complexity index is 1040. The molecule has 1 aliphatic heterocycles. The molecule has 0 saturated carbocycles. The Labute approximate surface area is 163 Å². The van der Waals surface area contributed by atoms with Crippen molar-refractivity contribution < 1.29 is 0 Å². The summed E-state index contributed by atoms with van der Waals surface area (Å²) in [5.74, 6) is 1.15. The van der Waals surface area contributed by atoms with Gasteiger partial charge in [-0.1, -0.05) is 0 Å². The van der Waals surface area contributed by atoms with E-state index in [0.29, 0.717) is 11.8 Å². The van der Waals surface area contributed by atoms with Crippen LogP contribution in [0.1, 0.15) is 25.5 Å². The number of rotatable bonds is 4. The first-order valence-electron chi connectivity index (χ1n) is 9.60. The highest BCUT2D eigenvalue weighted by Crippen LogP contribution is 2.21. The third-order valence-electron chi connectivity index (χ3n) is 4.97. The number of anilines is 3. The standard InChI is InChI=1S/C20H25N7O/c1-13(2)27-16-12-23-20(25-19(16)14(3)10-18(27)28)24-17-5-4-15(11-22-17)26-8-6-21-7-9-26/h4-5,10-13,21H,6-9H2,1-3H3,(H,22,23,24,25). The van der Waals surface area contributed by atoms with Crippen molar-refractivity contribution in [3.05, 3.63) is 46.5 Å². The first-order chi connectivity index (χ1) is 13.5. The van der Waals surface area contributed by atoms with Crippen LogP contribution >= 0.6 is 0 Å². The van der Waals surface area contributed by atoms with Crippen molar-refractivity contribution in [3.63, 3.8) is 0 Å². The number of nitrogens with zero attached hydrogens (tertiary/aromatic N) is 5. The molecule has 3 aromatic heterocycles. The van der Waals surface area contributed by atoms with Crippen molar-refractivity contribution in [2.45, 2.75) is 26.8 Å². The molecule has 0 unspecified atom stereocenters. The highest BCUT2D eigenvalue weighted by Gasteiger charge is 2.13. The van der Waals surface area contributed by atoms with E-state index in [9.17, 15) is 4.79 Å². The molecule has 1 saturated heterocycles. The lowest BCUT2D eigenvalue weighted by Gasteiger charge is -2.29. The van der Waals surface area contributed by atoms with Gasteiger partial charge in [-0.15, -0.1) is 0 Å². The molecule has 0 aromatic carbocycles. The second-order valence-electron chi connectivity index (χ2n) is 7.32. The maximum atomic E-state index is 12.3. The van der Waals surface area contributed by atoms with Gasteiger partial charge >= 0.3 is 0 Å². The molecule has 0 amide bonds. The van der Waals surface area contributed by atoms with Crippen LogP contribution in [-0.2, 0) is 0 Å². The first-order valence-corrected chi connectivity index (χ1v) is 9.60. The molecule has 8 heteroatoms. The van der Waals surface area contributed by atoms with Gasteiger partial charge in [0.25, 0.3) is 5.56 Å². The predicted molar refractivity (Wildman–Crippen MR) is 112 cm³/mol. The van der Waals surface area contributed by atoms with Gasteiger partial charge in [0, 0.05) is 38.3 Å². The van der Waals surface area contributed by atoms with Gasteiger partial charge < -0.3 is 20.1 Å². The van der Waals surface area contributed by atoms with Crippen molar-refractivity contribution in [1.82, 2.24) is 24.8 Å². The zero-order chi connectivity index (χ0) is 19.7. The molecule has 0 spiro atoms. The highest BCUT2D eigenvalue weighted by atomic mass is 16.1. The normalized spacial score (nSPS) is 14.6. The SMILES string of the molecule is Cc1cc(=O)n(C(C)C)c2cnc(Nc3ccc(N4CCNCC4)cn3)nc12. The van der Waals surface area contributed by atoms with Crippen LogP contribution in [0.15, 0.2) is 35.4 Å². The average molecular weight is 379 g/mol. The molecule has 3 aromatic rings. The van der Waals surface area contributed by atoms with E-state index in [4.69, 9.17) is 0 Å². The van der Waals surface area contributed by atoms with Gasteiger partial charge in [0.1, 0.15) is 5.82 Å². The summed E-state index contributed by atoms with van der Waals surface area (Å²) in [5, 5.41) is 6.51. The van der Waals surface area contributed by atoms with E-state index >= 15 is 0 Å². The summed E-state index contributed by atoms with van der Waals surface area (Å²) < 4.78 is 1.71. The largest absolute Gasteiger partial charge is 0.368 e. The summed E-state index contributed by atoms with van der Waals surface area (Å²) in [4.78, 5) is 28.1. The van der Waals surface area contributed by atoms with Crippen LogP contribution in [0.2, 0.25) is 0 Å². The minimum atomic E-state index is -0.0329. The number of hydrogen-bond donors (Lipinski definition) is 2. The topological polar surface area (TPSA) is 88.0 Å². The quantitative estimate of drug-likeness (QED) is 0.719. The van der Waals surface area contributed by atoms with E-state index in [1.807, 2.05) is 33.0 Å². The fraction of sp³-hybridized carbons (Fsp3) is 0.400. The maximum absolute atomic E-state index is 12.3. The summed E-state index contributed by atoms with van der Waals surface area (Å²) >= 11 is 0. The molecule has 4 heterocycles. The Morgan fingerprint density at radius 2 is 1.93 bits per heavy atom. The Morgan fingerprint density at radius 1 is 1.14 bits per heavy atom. The average Bonchev–Trinajstić information content (AvgIpc) is 2.69. The second kappa shape index (κ2) is 7.55. The van der Waals surface area contributed by atoms with Crippen LogP contribution in [0.25, 0.3) is 11.0 Å². The summed E-state index contributed by atoms with van der Waals surface area (Å²) in [7, 11) is 0. The van der Waals surface area contributed by atoms with Gasteiger partial charge in [0.05, 0.1) is 29.1 Å². The van der Waals surface area contributed by atoms with Crippen LogP contribution in [0.3, 0.4) is 0 Å². The van der Waals surface area contributed by atoms with Crippen molar-refractivity contribution in [2.75, 3.05) is 36.4 Å². The summed E-state index contributed by atoms with van der Waals surface area (Å²) in [6, 6.07) is 5.66. The van der Waals surface area contributed by atoms with Crippen LogP contribution in [0, 0.1) is 6.92 Å². The van der Waals surface area contributed by atoms with E-state index in [2.05, 4.69) is 36.6 Å². The molecule has 1 fully saturated rings. The summed E-state index contributed by atoms with van der Waals surface area (Å²) in [6.07, 6.45) is 3.57. The third-order valence-corrected chi connectivity index (χ3v) is 4.97. The molecule has 2 N–H and O–H groups in total. The number of aromatic nitrogens is 4. The fourth-order valence-electron chi connectivity index (χ4n) is 3.56. The number of fused-ring (bicyclic) bond motifs is 1. The Kier molecular flexibility index (Phi) is 4.95. The second-order valence-corrected chi connectivity index (χ2v) is 7.32. The zero-order valence-electron chi connectivity index (χ0n) is 16.4. The number of piperazine rings is 1. The Balaban J connectivity index is 1.60. The Hall–Kier alpha value is -3.00. The van der Waals surface area contributed by atoms with E-state index in [1.165, 1.54) is 0 Å². The molecule has 0 atom stereocenters. The molecule has 8 nitrogen and oxygen atoms in total. The van der Waals surface area contributed by atoms with E-state index in [0.717, 1.165) is 48.5 Å². The molecule has 0 aliphatic carbocycles. The molecule has 28 heavy (non-hydrogen) atoms. The smallest absolute Gasteiger partial charge is 0.251 e. The molecule has 146 valence electrons. The van der Waals surface area contributed by atoms with E-state index in [-0.39, 0.29) is 11.6 Å². The maximum Gasteiger partial charge on any atom is 0.251 e.